The molecule has 5 heteroatoms. The number of carbonyl (C=O) groups excluding carboxylic acids is 2. The number of carbonyl (C=O) groups is 2. The van der Waals surface area contributed by atoms with Crippen LogP contribution < -0.4 is 4.74 Å². The van der Waals surface area contributed by atoms with Crippen LogP contribution in [0, 0.1) is 13.8 Å². The van der Waals surface area contributed by atoms with Crippen LogP contribution >= 0.6 is 0 Å². The zero-order valence-corrected chi connectivity index (χ0v) is 15.3. The topological polar surface area (TPSA) is 61.8 Å². The molecule has 1 rings (SSSR count). The highest BCUT2D eigenvalue weighted by molar-refractivity contribution is 5.86. The largest absolute Gasteiger partial charge is 0.481 e. The zero-order chi connectivity index (χ0) is 18.5. The molecule has 0 aliphatic carbocycles. The summed E-state index contributed by atoms with van der Waals surface area (Å²) in [7, 11) is 0. The summed E-state index contributed by atoms with van der Waals surface area (Å²) in [6.45, 7) is 14.3. The van der Waals surface area contributed by atoms with Gasteiger partial charge in [-0.2, -0.15) is 0 Å². The second-order valence-corrected chi connectivity index (χ2v) is 6.79. The van der Waals surface area contributed by atoms with Crippen molar-refractivity contribution in [3.63, 3.8) is 0 Å². The summed E-state index contributed by atoms with van der Waals surface area (Å²) < 4.78 is 16.0. The first kappa shape index (κ1) is 19.7. The zero-order valence-electron chi connectivity index (χ0n) is 15.3. The van der Waals surface area contributed by atoms with Crippen LogP contribution in [0.2, 0.25) is 0 Å². The molecular formula is C19H26O5. The quantitative estimate of drug-likeness (QED) is 0.587. The number of hydrogen-bond acceptors (Lipinski definition) is 5. The van der Waals surface area contributed by atoms with Crippen LogP contribution in [0.3, 0.4) is 0 Å². The first-order valence-corrected chi connectivity index (χ1v) is 7.77. The van der Waals surface area contributed by atoms with Crippen LogP contribution in [-0.2, 0) is 25.7 Å². The third-order valence-electron chi connectivity index (χ3n) is 2.99. The molecule has 0 aromatic heterocycles. The molecule has 1 aromatic carbocycles. The molecule has 5 nitrogen and oxygen atoms in total. The van der Waals surface area contributed by atoms with E-state index in [9.17, 15) is 9.59 Å². The molecule has 0 atom stereocenters. The first-order chi connectivity index (χ1) is 11.0. The van der Waals surface area contributed by atoms with Crippen molar-refractivity contribution in [2.75, 3.05) is 6.61 Å². The second-order valence-electron chi connectivity index (χ2n) is 6.79. The lowest BCUT2D eigenvalue weighted by molar-refractivity contribution is -0.157. The third kappa shape index (κ3) is 6.44. The summed E-state index contributed by atoms with van der Waals surface area (Å²) in [4.78, 5) is 23.2. The first-order valence-electron chi connectivity index (χ1n) is 7.77. The molecule has 0 heterocycles. The van der Waals surface area contributed by atoms with Crippen molar-refractivity contribution in [3.05, 3.63) is 41.0 Å². The Bertz CT molecular complexity index is 615. The minimum absolute atomic E-state index is 0.150. The Labute approximate surface area is 143 Å². The predicted octanol–water partition coefficient (Wildman–Crippen LogP) is 3.64. The van der Waals surface area contributed by atoms with E-state index < -0.39 is 17.5 Å². The minimum Gasteiger partial charge on any atom is -0.481 e. The maximum absolute atomic E-state index is 11.7. The highest BCUT2D eigenvalue weighted by Crippen LogP contribution is 2.25. The molecule has 1 aromatic rings. The number of hydrogen-bond donors (Lipinski definition) is 0. The summed E-state index contributed by atoms with van der Waals surface area (Å²) in [6.07, 6.45) is 0. The molecule has 0 spiro atoms. The molecule has 0 fully saturated rings. The van der Waals surface area contributed by atoms with Crippen molar-refractivity contribution in [2.45, 2.75) is 53.8 Å². The number of benzene rings is 1. The third-order valence-corrected chi connectivity index (χ3v) is 2.99. The summed E-state index contributed by atoms with van der Waals surface area (Å²) >= 11 is 0. The van der Waals surface area contributed by atoms with E-state index >= 15 is 0 Å². The van der Waals surface area contributed by atoms with E-state index in [0.29, 0.717) is 11.3 Å². The van der Waals surface area contributed by atoms with Crippen molar-refractivity contribution in [1.82, 2.24) is 0 Å². The number of rotatable bonds is 6. The van der Waals surface area contributed by atoms with Crippen LogP contribution in [0.4, 0.5) is 0 Å². The fraction of sp³-hybridized carbons (Fsp3) is 0.474. The van der Waals surface area contributed by atoms with Gasteiger partial charge in [0.2, 0.25) is 0 Å². The molecule has 132 valence electrons. The van der Waals surface area contributed by atoms with Gasteiger partial charge in [0.05, 0.1) is 0 Å². The van der Waals surface area contributed by atoms with Gasteiger partial charge in [-0.3, -0.25) is 0 Å². The predicted molar refractivity (Wildman–Crippen MR) is 91.9 cm³/mol. The van der Waals surface area contributed by atoms with E-state index in [1.54, 1.807) is 6.92 Å². The molecular weight excluding hydrogens is 308 g/mol. The van der Waals surface area contributed by atoms with Gasteiger partial charge in [0, 0.05) is 5.57 Å². The van der Waals surface area contributed by atoms with Gasteiger partial charge < -0.3 is 14.2 Å². The maximum Gasteiger partial charge on any atom is 0.344 e. The Hall–Kier alpha value is -2.30. The molecule has 0 N–H and O–H groups in total. The monoisotopic (exact) mass is 334 g/mol. The summed E-state index contributed by atoms with van der Waals surface area (Å²) in [5, 5.41) is 0. The van der Waals surface area contributed by atoms with E-state index in [-0.39, 0.29) is 13.2 Å². The average molecular weight is 334 g/mol. The van der Waals surface area contributed by atoms with E-state index in [1.807, 2.05) is 46.8 Å². The van der Waals surface area contributed by atoms with Gasteiger partial charge in [0.25, 0.3) is 0 Å². The van der Waals surface area contributed by atoms with E-state index in [1.165, 1.54) is 0 Å². The Morgan fingerprint density at radius 2 is 1.67 bits per heavy atom. The van der Waals surface area contributed by atoms with Gasteiger partial charge in [-0.1, -0.05) is 6.58 Å². The summed E-state index contributed by atoms with van der Waals surface area (Å²) in [6, 6.07) is 3.73. The van der Waals surface area contributed by atoms with Crippen molar-refractivity contribution in [1.29, 1.82) is 0 Å². The smallest absolute Gasteiger partial charge is 0.344 e. The minimum atomic E-state index is -0.540. The Balaban J connectivity index is 2.72. The van der Waals surface area contributed by atoms with Crippen molar-refractivity contribution >= 4 is 11.9 Å². The average Bonchev–Trinajstić information content (AvgIpc) is 2.41. The molecule has 0 aliphatic rings. The van der Waals surface area contributed by atoms with Gasteiger partial charge in [0.1, 0.15) is 18.0 Å². The van der Waals surface area contributed by atoms with Crippen LogP contribution in [0.1, 0.15) is 44.4 Å². The molecule has 0 amide bonds. The van der Waals surface area contributed by atoms with E-state index in [0.717, 1.165) is 16.7 Å². The Morgan fingerprint density at radius 1 is 1.12 bits per heavy atom. The Morgan fingerprint density at radius 3 is 2.12 bits per heavy atom. The molecule has 0 saturated heterocycles. The molecule has 0 aliphatic heterocycles. The Kier molecular flexibility index (Phi) is 6.58. The van der Waals surface area contributed by atoms with Gasteiger partial charge >= 0.3 is 11.9 Å². The number of esters is 2. The van der Waals surface area contributed by atoms with Gasteiger partial charge in [0.15, 0.2) is 6.61 Å². The normalized spacial score (nSPS) is 10.9. The van der Waals surface area contributed by atoms with Crippen LogP contribution in [0.25, 0.3) is 0 Å². The molecule has 0 radical (unpaired) electrons. The lowest BCUT2D eigenvalue weighted by Gasteiger charge is -2.20. The van der Waals surface area contributed by atoms with Gasteiger partial charge in [-0.15, -0.1) is 0 Å². The molecule has 24 heavy (non-hydrogen) atoms. The number of ether oxygens (including phenoxy) is 3. The maximum atomic E-state index is 11.7. The second kappa shape index (κ2) is 7.99. The van der Waals surface area contributed by atoms with Crippen molar-refractivity contribution < 1.29 is 23.8 Å². The van der Waals surface area contributed by atoms with Crippen LogP contribution in [0.15, 0.2) is 24.3 Å². The van der Waals surface area contributed by atoms with Crippen molar-refractivity contribution in [2.24, 2.45) is 0 Å². The highest BCUT2D eigenvalue weighted by atomic mass is 16.6. The summed E-state index contributed by atoms with van der Waals surface area (Å²) in [5.41, 5.74) is 2.39. The molecule has 0 saturated carbocycles. The fourth-order valence-electron chi connectivity index (χ4n) is 2.13. The van der Waals surface area contributed by atoms with Crippen LogP contribution in [0.5, 0.6) is 5.75 Å². The van der Waals surface area contributed by atoms with E-state index in [4.69, 9.17) is 14.2 Å². The van der Waals surface area contributed by atoms with Crippen LogP contribution in [-0.4, -0.2) is 24.1 Å². The highest BCUT2D eigenvalue weighted by Gasteiger charge is 2.17. The molecule has 0 bridgehead atoms. The lowest BCUT2D eigenvalue weighted by Crippen LogP contribution is -2.27. The lowest BCUT2D eigenvalue weighted by atomic mass is 10.1. The van der Waals surface area contributed by atoms with Gasteiger partial charge in [-0.05, 0) is 70.4 Å². The van der Waals surface area contributed by atoms with Gasteiger partial charge in [-0.25, -0.2) is 9.59 Å². The van der Waals surface area contributed by atoms with Crippen molar-refractivity contribution in [3.8, 4) is 5.75 Å². The SMILES string of the molecule is C=C(C)C(=O)OCc1cc(C)c(OCC(=O)OC(C)(C)C)c(C)c1. The standard InChI is InChI=1S/C19H26O5/c1-12(2)18(21)23-10-15-8-13(3)17(14(4)9-15)22-11-16(20)24-19(5,6)7/h8-9H,1,10-11H2,2-7H3. The number of aryl methyl sites for hydroxylation is 2. The fourth-order valence-corrected chi connectivity index (χ4v) is 2.13. The van der Waals surface area contributed by atoms with E-state index in [2.05, 4.69) is 6.58 Å². The molecule has 0 unspecified atom stereocenters. The summed E-state index contributed by atoms with van der Waals surface area (Å²) in [5.74, 6) is -0.202.